The van der Waals surface area contributed by atoms with E-state index in [2.05, 4.69) is 21.2 Å². The lowest BCUT2D eigenvalue weighted by atomic mass is 9.97. The van der Waals surface area contributed by atoms with Gasteiger partial charge in [0, 0.05) is 10.2 Å². The number of hydrogen-bond acceptors (Lipinski definition) is 2. The molecule has 0 saturated heterocycles. The van der Waals surface area contributed by atoms with Crippen LogP contribution in [0.3, 0.4) is 0 Å². The fourth-order valence-corrected chi connectivity index (χ4v) is 2.87. The van der Waals surface area contributed by atoms with E-state index >= 15 is 0 Å². The number of aryl methyl sites for hydroxylation is 1. The summed E-state index contributed by atoms with van der Waals surface area (Å²) in [6, 6.07) is 5.86. The van der Waals surface area contributed by atoms with E-state index in [9.17, 15) is 9.90 Å². The lowest BCUT2D eigenvalue weighted by molar-refractivity contribution is -0.142. The van der Waals surface area contributed by atoms with Crippen LogP contribution in [0.5, 0.6) is 0 Å². The molecule has 1 aliphatic carbocycles. The van der Waals surface area contributed by atoms with Crippen molar-refractivity contribution in [3.05, 3.63) is 28.2 Å². The van der Waals surface area contributed by atoms with Gasteiger partial charge in [0.15, 0.2) is 0 Å². The second-order valence-corrected chi connectivity index (χ2v) is 5.59. The van der Waals surface area contributed by atoms with E-state index in [0.29, 0.717) is 12.8 Å². The van der Waals surface area contributed by atoms with Gasteiger partial charge >= 0.3 is 5.97 Å². The van der Waals surface area contributed by atoms with Crippen LogP contribution in [0.15, 0.2) is 22.7 Å². The number of carboxylic acid groups (broad SMARTS) is 1. The van der Waals surface area contributed by atoms with Crippen molar-refractivity contribution in [3.63, 3.8) is 0 Å². The minimum Gasteiger partial charge on any atom is -0.480 e. The third-order valence-corrected chi connectivity index (χ3v) is 3.92. The lowest BCUT2D eigenvalue weighted by Crippen LogP contribution is -2.43. The van der Waals surface area contributed by atoms with Crippen molar-refractivity contribution >= 4 is 27.6 Å². The third kappa shape index (κ3) is 2.46. The van der Waals surface area contributed by atoms with Crippen molar-refractivity contribution in [2.24, 2.45) is 0 Å². The number of carboxylic acids is 1. The van der Waals surface area contributed by atoms with Gasteiger partial charge in [0.2, 0.25) is 0 Å². The number of anilines is 1. The summed E-state index contributed by atoms with van der Waals surface area (Å²) in [7, 11) is 0. The molecule has 2 rings (SSSR count). The summed E-state index contributed by atoms with van der Waals surface area (Å²) in [6.07, 6.45) is 3.37. The van der Waals surface area contributed by atoms with Gasteiger partial charge in [0.05, 0.1) is 0 Å². The van der Waals surface area contributed by atoms with Gasteiger partial charge < -0.3 is 10.4 Å². The molecule has 0 atom stereocenters. The van der Waals surface area contributed by atoms with Gasteiger partial charge in [-0.1, -0.05) is 28.8 Å². The van der Waals surface area contributed by atoms with Crippen LogP contribution < -0.4 is 5.32 Å². The molecular weight excluding hydrogens is 282 g/mol. The Balaban J connectivity index is 2.26. The average Bonchev–Trinajstić information content (AvgIpc) is 2.72. The first-order valence-electron chi connectivity index (χ1n) is 5.81. The highest BCUT2D eigenvalue weighted by atomic mass is 79.9. The summed E-state index contributed by atoms with van der Waals surface area (Å²) in [4.78, 5) is 11.4. The van der Waals surface area contributed by atoms with Gasteiger partial charge in [0.25, 0.3) is 0 Å². The molecule has 1 aliphatic rings. The topological polar surface area (TPSA) is 49.3 Å². The zero-order valence-electron chi connectivity index (χ0n) is 9.79. The van der Waals surface area contributed by atoms with Crippen molar-refractivity contribution in [2.45, 2.75) is 38.1 Å². The summed E-state index contributed by atoms with van der Waals surface area (Å²) >= 11 is 3.41. The normalized spacial score (nSPS) is 18.0. The largest absolute Gasteiger partial charge is 0.480 e. The zero-order valence-corrected chi connectivity index (χ0v) is 11.4. The van der Waals surface area contributed by atoms with Gasteiger partial charge in [-0.15, -0.1) is 0 Å². The van der Waals surface area contributed by atoms with Crippen LogP contribution in [0, 0.1) is 6.92 Å². The second-order valence-electron chi connectivity index (χ2n) is 4.68. The Labute approximate surface area is 109 Å². The molecule has 17 heavy (non-hydrogen) atoms. The van der Waals surface area contributed by atoms with Crippen LogP contribution in [0.25, 0.3) is 0 Å². The Kier molecular flexibility index (Phi) is 3.43. The van der Waals surface area contributed by atoms with Crippen LogP contribution in [-0.2, 0) is 4.79 Å². The van der Waals surface area contributed by atoms with E-state index < -0.39 is 11.5 Å². The number of benzene rings is 1. The lowest BCUT2D eigenvalue weighted by Gasteiger charge is -2.27. The summed E-state index contributed by atoms with van der Waals surface area (Å²) in [5.41, 5.74) is 1.21. The van der Waals surface area contributed by atoms with Gasteiger partial charge in [-0.05, 0) is 43.5 Å². The third-order valence-electron chi connectivity index (χ3n) is 3.43. The second kappa shape index (κ2) is 4.69. The smallest absolute Gasteiger partial charge is 0.329 e. The number of rotatable bonds is 3. The summed E-state index contributed by atoms with van der Waals surface area (Å²) in [6.45, 7) is 1.98. The Morgan fingerprint density at radius 1 is 1.41 bits per heavy atom. The van der Waals surface area contributed by atoms with Crippen molar-refractivity contribution in [1.29, 1.82) is 0 Å². The van der Waals surface area contributed by atoms with E-state index in [1.54, 1.807) is 0 Å². The van der Waals surface area contributed by atoms with Crippen LogP contribution in [0.1, 0.15) is 31.2 Å². The summed E-state index contributed by atoms with van der Waals surface area (Å²) in [5, 5.41) is 12.6. The molecule has 4 heteroatoms. The molecule has 92 valence electrons. The summed E-state index contributed by atoms with van der Waals surface area (Å²) in [5.74, 6) is -0.739. The highest BCUT2D eigenvalue weighted by molar-refractivity contribution is 9.10. The molecule has 0 radical (unpaired) electrons. The molecule has 0 amide bonds. The van der Waals surface area contributed by atoms with Crippen LogP contribution in [0.4, 0.5) is 5.69 Å². The standard InChI is InChI=1S/C13H16BrNO2/c1-9-8-10(14)4-5-11(9)15-13(12(16)17)6-2-3-7-13/h4-5,8,15H,2-3,6-7H2,1H3,(H,16,17). The molecular formula is C13H16BrNO2. The monoisotopic (exact) mass is 297 g/mol. The molecule has 0 aliphatic heterocycles. The first-order chi connectivity index (χ1) is 8.03. The van der Waals surface area contributed by atoms with Crippen LogP contribution >= 0.6 is 15.9 Å². The SMILES string of the molecule is Cc1cc(Br)ccc1NC1(C(=O)O)CCCC1. The number of nitrogens with one attached hydrogen (secondary N) is 1. The maximum Gasteiger partial charge on any atom is 0.329 e. The van der Waals surface area contributed by atoms with E-state index in [1.165, 1.54) is 0 Å². The molecule has 3 nitrogen and oxygen atoms in total. The Morgan fingerprint density at radius 2 is 2.06 bits per heavy atom. The Hall–Kier alpha value is -1.03. The zero-order chi connectivity index (χ0) is 12.5. The Morgan fingerprint density at radius 3 is 2.59 bits per heavy atom. The van der Waals surface area contributed by atoms with Crippen LogP contribution in [0.2, 0.25) is 0 Å². The van der Waals surface area contributed by atoms with Crippen LogP contribution in [-0.4, -0.2) is 16.6 Å². The molecule has 1 aromatic rings. The van der Waals surface area contributed by atoms with Gasteiger partial charge in [-0.3, -0.25) is 0 Å². The maximum absolute atomic E-state index is 11.4. The quantitative estimate of drug-likeness (QED) is 0.897. The molecule has 0 heterocycles. The van der Waals surface area contributed by atoms with Gasteiger partial charge in [-0.25, -0.2) is 4.79 Å². The molecule has 1 fully saturated rings. The van der Waals surface area contributed by atoms with E-state index in [4.69, 9.17) is 0 Å². The minimum atomic E-state index is -0.765. The Bertz CT molecular complexity index is 439. The predicted octanol–water partition coefficient (Wildman–Crippen LogP) is 3.57. The summed E-state index contributed by atoms with van der Waals surface area (Å²) < 4.78 is 1.01. The van der Waals surface area contributed by atoms with E-state index in [0.717, 1.165) is 28.6 Å². The highest BCUT2D eigenvalue weighted by Crippen LogP contribution is 2.34. The maximum atomic E-state index is 11.4. The molecule has 1 aromatic carbocycles. The predicted molar refractivity (Wildman–Crippen MR) is 71.3 cm³/mol. The minimum absolute atomic E-state index is 0.706. The van der Waals surface area contributed by atoms with Crippen molar-refractivity contribution in [1.82, 2.24) is 0 Å². The van der Waals surface area contributed by atoms with Gasteiger partial charge in [0.1, 0.15) is 5.54 Å². The molecule has 0 spiro atoms. The van der Waals surface area contributed by atoms with E-state index in [-0.39, 0.29) is 0 Å². The highest BCUT2D eigenvalue weighted by Gasteiger charge is 2.41. The number of hydrogen-bond donors (Lipinski definition) is 2. The molecule has 0 unspecified atom stereocenters. The van der Waals surface area contributed by atoms with Crippen molar-refractivity contribution in [2.75, 3.05) is 5.32 Å². The average molecular weight is 298 g/mol. The molecule has 1 saturated carbocycles. The van der Waals surface area contributed by atoms with E-state index in [1.807, 2.05) is 25.1 Å². The molecule has 0 bridgehead atoms. The molecule has 0 aromatic heterocycles. The first kappa shape index (κ1) is 12.4. The van der Waals surface area contributed by atoms with Crippen molar-refractivity contribution < 1.29 is 9.90 Å². The fraction of sp³-hybridized carbons (Fsp3) is 0.462. The molecule has 2 N–H and O–H groups in total. The first-order valence-corrected chi connectivity index (χ1v) is 6.60. The fourth-order valence-electron chi connectivity index (χ4n) is 2.40. The number of carbonyl (C=O) groups is 1. The van der Waals surface area contributed by atoms with Crippen molar-refractivity contribution in [3.8, 4) is 0 Å². The number of halogens is 1. The number of aliphatic carboxylic acids is 1. The van der Waals surface area contributed by atoms with Gasteiger partial charge in [-0.2, -0.15) is 0 Å².